The first-order valence-electron chi connectivity index (χ1n) is 22.2. The van der Waals surface area contributed by atoms with Crippen molar-refractivity contribution in [2.24, 2.45) is 5.92 Å². The number of ketones is 4. The number of nitrogens with zero attached hydrogens (tertiary/aromatic N) is 1. The molecule has 0 saturated carbocycles. The Morgan fingerprint density at radius 1 is 0.541 bits per heavy atom. The second-order valence-electron chi connectivity index (χ2n) is 18.7. The quantitative estimate of drug-likeness (QED) is 0.0964. The summed E-state index contributed by atoms with van der Waals surface area (Å²) >= 11 is 5.30. The van der Waals surface area contributed by atoms with Crippen LogP contribution in [0.5, 0.6) is 0 Å². The number of unbranched alkanes of at least 4 members (excludes halogenated alkanes) is 4. The molecule has 8 heteroatoms. The molecule has 4 heterocycles. The lowest BCUT2D eigenvalue weighted by molar-refractivity contribution is 0.101. The average molecular weight is 868 g/mol. The van der Waals surface area contributed by atoms with Crippen LogP contribution in [0.4, 0.5) is 0 Å². The van der Waals surface area contributed by atoms with E-state index in [2.05, 4.69) is 79.7 Å². The molecule has 0 radical (unpaired) electrons. The fourth-order valence-electron chi connectivity index (χ4n) is 9.25. The summed E-state index contributed by atoms with van der Waals surface area (Å²) in [6.07, 6.45) is 9.56. The fourth-order valence-corrected chi connectivity index (χ4v) is 13.0. The maximum atomic E-state index is 14.8. The van der Waals surface area contributed by atoms with Crippen LogP contribution in [-0.4, -0.2) is 27.7 Å². The Labute approximate surface area is 372 Å². The van der Waals surface area contributed by atoms with Gasteiger partial charge in [0.05, 0.1) is 26.7 Å². The molecule has 5 nitrogen and oxygen atoms in total. The Bertz CT molecular complexity index is 2780. The van der Waals surface area contributed by atoms with Gasteiger partial charge in [-0.25, -0.2) is 0 Å². The van der Waals surface area contributed by atoms with Gasteiger partial charge in [0.15, 0.2) is 23.1 Å². The van der Waals surface area contributed by atoms with E-state index in [1.165, 1.54) is 27.5 Å². The van der Waals surface area contributed by atoms with E-state index in [9.17, 15) is 19.2 Å². The summed E-state index contributed by atoms with van der Waals surface area (Å²) < 4.78 is 2.05. The van der Waals surface area contributed by atoms with Crippen molar-refractivity contribution in [2.75, 3.05) is 0 Å². The van der Waals surface area contributed by atoms with Crippen LogP contribution in [0.25, 0.3) is 41.4 Å². The van der Waals surface area contributed by atoms with Crippen molar-refractivity contribution in [3.8, 4) is 19.5 Å². The molecule has 4 aromatic heterocycles. The minimum atomic E-state index is -0.354. The second kappa shape index (κ2) is 17.0. The number of carbonyl (C=O) groups is 4. The highest BCUT2D eigenvalue weighted by atomic mass is 32.1. The van der Waals surface area contributed by atoms with Gasteiger partial charge < -0.3 is 4.57 Å². The molecule has 0 bridgehead atoms. The number of aromatic nitrogens is 1. The summed E-state index contributed by atoms with van der Waals surface area (Å²) in [5, 5.41) is 2.72. The Morgan fingerprint density at radius 3 is 1.57 bits per heavy atom. The van der Waals surface area contributed by atoms with Crippen LogP contribution >= 0.6 is 34.0 Å². The number of Topliss-reactive ketones (excluding diaryl/α,β-unsaturated/α-hetero) is 4. The average Bonchev–Trinajstić information content (AvgIpc) is 4.10. The van der Waals surface area contributed by atoms with E-state index in [4.69, 9.17) is 0 Å². The highest BCUT2D eigenvalue weighted by Crippen LogP contribution is 2.49. The van der Waals surface area contributed by atoms with Crippen LogP contribution in [0.15, 0.2) is 72.8 Å². The van der Waals surface area contributed by atoms with E-state index in [0.717, 1.165) is 70.3 Å². The predicted octanol–water partition coefficient (Wildman–Crippen LogP) is 13.4. The second-order valence-corrected chi connectivity index (χ2v) is 21.9. The van der Waals surface area contributed by atoms with E-state index in [1.54, 1.807) is 71.2 Å². The van der Waals surface area contributed by atoms with Crippen LogP contribution in [0.2, 0.25) is 0 Å². The van der Waals surface area contributed by atoms with Crippen LogP contribution in [-0.2, 0) is 17.4 Å². The van der Waals surface area contributed by atoms with E-state index >= 15 is 0 Å². The first-order valence-corrected chi connectivity index (χ1v) is 24.7. The molecule has 6 aromatic rings. The standard InChI is InChI=1S/C53H57NO4S3/c1-9-11-13-18-29-53(7,8)51-41-40(50(61-51)38-24-23-36(59-38)37-25-26-39(60-37)52(5,6)28-12-10-2)44(42-46(55)32-19-14-15-20-33(32)47(42)56)54(30-27-31(3)4)45(41)43-48(57)34-21-16-17-22-35(34)49(43)58/h14-17,19-26,31H,9-13,18,27-30H2,1-8H3. The molecule has 0 fully saturated rings. The normalized spacial score (nSPS) is 14.4. The summed E-state index contributed by atoms with van der Waals surface area (Å²) in [6.45, 7) is 18.4. The lowest BCUT2D eigenvalue weighted by Gasteiger charge is -2.24. The molecule has 0 unspecified atom stereocenters. The largest absolute Gasteiger partial charge is 0.339 e. The highest BCUT2D eigenvalue weighted by Gasteiger charge is 2.41. The van der Waals surface area contributed by atoms with Gasteiger partial charge in [-0.05, 0) is 60.3 Å². The van der Waals surface area contributed by atoms with Gasteiger partial charge in [0.25, 0.3) is 0 Å². The number of benzene rings is 2. The van der Waals surface area contributed by atoms with Crippen molar-refractivity contribution in [3.63, 3.8) is 0 Å². The van der Waals surface area contributed by atoms with Crippen molar-refractivity contribution in [1.82, 2.24) is 4.57 Å². The molecule has 0 saturated heterocycles. The maximum absolute atomic E-state index is 14.8. The SMILES string of the molecule is CCCCCCC(C)(C)c1sc(-c2ccc(-c3ccc(C(C)(C)CCCC)s3)s2)c2c(=C3C(=O)c4ccccc4C3=O)n(CCC(C)C)c(=C3C(=O)c4ccccc4C3=O)c12. The zero-order chi connectivity index (χ0) is 43.4. The van der Waals surface area contributed by atoms with Gasteiger partial charge in [0, 0.05) is 64.0 Å². The molecule has 2 aliphatic rings. The third-order valence-corrected chi connectivity index (χ3v) is 17.3. The highest BCUT2D eigenvalue weighted by molar-refractivity contribution is 7.27. The fraction of sp³-hybridized carbons (Fsp3) is 0.396. The summed E-state index contributed by atoms with van der Waals surface area (Å²) in [6, 6.07) is 23.1. The minimum absolute atomic E-state index is 0.0857. The number of hydrogen-bond donors (Lipinski definition) is 0. The molecule has 0 atom stereocenters. The predicted molar refractivity (Wildman–Crippen MR) is 257 cm³/mol. The summed E-state index contributed by atoms with van der Waals surface area (Å²) in [4.78, 5) is 65.9. The number of hydrogen-bond acceptors (Lipinski definition) is 7. The molecule has 0 N–H and O–H groups in total. The van der Waals surface area contributed by atoms with Gasteiger partial charge in [-0.2, -0.15) is 0 Å². The maximum Gasteiger partial charge on any atom is 0.199 e. The Balaban J connectivity index is 1.49. The topological polar surface area (TPSA) is 73.2 Å². The molecule has 0 spiro atoms. The Hall–Kier alpha value is -4.50. The molecular formula is C53H57NO4S3. The van der Waals surface area contributed by atoms with Gasteiger partial charge >= 0.3 is 0 Å². The van der Waals surface area contributed by atoms with E-state index in [1.807, 2.05) is 15.9 Å². The van der Waals surface area contributed by atoms with E-state index in [0.29, 0.717) is 39.5 Å². The van der Waals surface area contributed by atoms with E-state index < -0.39 is 0 Å². The number of rotatable bonds is 15. The molecular weight excluding hydrogens is 811 g/mol. The summed E-state index contributed by atoms with van der Waals surface area (Å²) in [5.41, 5.74) is 1.57. The monoisotopic (exact) mass is 867 g/mol. The van der Waals surface area contributed by atoms with Gasteiger partial charge in [-0.1, -0.05) is 142 Å². The molecule has 0 aliphatic heterocycles. The smallest absolute Gasteiger partial charge is 0.199 e. The number of thiophene rings is 3. The Morgan fingerprint density at radius 2 is 1.03 bits per heavy atom. The first-order chi connectivity index (χ1) is 29.2. The Kier molecular flexibility index (Phi) is 12.0. The van der Waals surface area contributed by atoms with Crippen molar-refractivity contribution < 1.29 is 19.2 Å². The molecule has 8 rings (SSSR count). The molecule has 0 amide bonds. The zero-order valence-electron chi connectivity index (χ0n) is 36.9. The van der Waals surface area contributed by atoms with Gasteiger partial charge in [-0.15, -0.1) is 34.0 Å². The van der Waals surface area contributed by atoms with Crippen molar-refractivity contribution >= 4 is 79.1 Å². The zero-order valence-corrected chi connectivity index (χ0v) is 39.3. The number of carbonyl (C=O) groups excluding carboxylic acids is 4. The van der Waals surface area contributed by atoms with Gasteiger partial charge in [0.2, 0.25) is 0 Å². The molecule has 316 valence electrons. The van der Waals surface area contributed by atoms with Crippen LogP contribution < -0.4 is 10.7 Å². The molecule has 61 heavy (non-hydrogen) atoms. The summed E-state index contributed by atoms with van der Waals surface area (Å²) in [7, 11) is 0. The van der Waals surface area contributed by atoms with Crippen LogP contribution in [0.3, 0.4) is 0 Å². The first kappa shape index (κ1) is 43.2. The van der Waals surface area contributed by atoms with Gasteiger partial charge in [0.1, 0.15) is 0 Å². The lowest BCUT2D eigenvalue weighted by Crippen LogP contribution is -2.35. The van der Waals surface area contributed by atoms with Crippen molar-refractivity contribution in [1.29, 1.82) is 0 Å². The van der Waals surface area contributed by atoms with Gasteiger partial charge in [-0.3, -0.25) is 19.2 Å². The van der Waals surface area contributed by atoms with Crippen molar-refractivity contribution in [2.45, 2.75) is 131 Å². The molecule has 2 aromatic carbocycles. The van der Waals surface area contributed by atoms with Crippen molar-refractivity contribution in [3.05, 3.63) is 116 Å². The molecule has 2 aliphatic carbocycles. The van der Waals surface area contributed by atoms with Crippen LogP contribution in [0.1, 0.15) is 164 Å². The lowest BCUT2D eigenvalue weighted by atomic mass is 9.83. The van der Waals surface area contributed by atoms with Crippen LogP contribution in [0, 0.1) is 5.92 Å². The minimum Gasteiger partial charge on any atom is -0.339 e. The number of fused-ring (bicyclic) bond motifs is 3. The third kappa shape index (κ3) is 7.61. The van der Waals surface area contributed by atoms with E-state index in [-0.39, 0.29) is 51.0 Å². The third-order valence-electron chi connectivity index (χ3n) is 12.8. The summed E-state index contributed by atoms with van der Waals surface area (Å²) in [5.74, 6) is -0.955.